The van der Waals surface area contributed by atoms with Crippen molar-refractivity contribution in [1.29, 1.82) is 0 Å². The summed E-state index contributed by atoms with van der Waals surface area (Å²) in [6, 6.07) is 6.82. The van der Waals surface area contributed by atoms with E-state index in [4.69, 9.17) is 50.7 Å². The first kappa shape index (κ1) is 26.3. The Balaban J connectivity index is 2.11. The lowest BCUT2D eigenvalue weighted by molar-refractivity contribution is -0.123. The third-order valence-electron chi connectivity index (χ3n) is 4.35. The SMILES string of the molecule is C#CCOc1c(Cl)cc(C=NNC(=O)C(NC(=O)c2ccc(Cl)cc2Cl)C(C)C)cc1OC. The lowest BCUT2D eigenvalue weighted by Crippen LogP contribution is -2.48. The number of hydrazone groups is 1. The standard InChI is InChI=1S/C23H22Cl3N3O4/c1-5-8-33-21-18(26)9-14(10-19(21)32-4)12-27-29-23(31)20(13(2)3)28-22(30)16-7-6-15(24)11-17(16)25/h1,6-7,9-13,20H,8H2,2-4H3,(H,28,30)(H,29,31). The second-order valence-corrected chi connectivity index (χ2v) is 8.33. The molecule has 1 unspecified atom stereocenters. The van der Waals surface area contributed by atoms with E-state index >= 15 is 0 Å². The van der Waals surface area contributed by atoms with E-state index in [0.717, 1.165) is 0 Å². The predicted octanol–water partition coefficient (Wildman–Crippen LogP) is 4.57. The molecule has 0 aliphatic carbocycles. The second-order valence-electron chi connectivity index (χ2n) is 7.08. The van der Waals surface area contributed by atoms with Crippen LogP contribution in [-0.2, 0) is 4.79 Å². The monoisotopic (exact) mass is 509 g/mol. The van der Waals surface area contributed by atoms with Crippen molar-refractivity contribution in [2.75, 3.05) is 13.7 Å². The van der Waals surface area contributed by atoms with E-state index in [0.29, 0.717) is 22.1 Å². The van der Waals surface area contributed by atoms with Crippen LogP contribution < -0.4 is 20.2 Å². The molecule has 0 aliphatic heterocycles. The lowest BCUT2D eigenvalue weighted by Gasteiger charge is -2.20. The van der Waals surface area contributed by atoms with Gasteiger partial charge in [-0.25, -0.2) is 5.43 Å². The van der Waals surface area contributed by atoms with E-state index in [1.807, 2.05) is 0 Å². The number of terminal acetylenes is 1. The Morgan fingerprint density at radius 1 is 1.18 bits per heavy atom. The zero-order valence-electron chi connectivity index (χ0n) is 18.1. The first-order chi connectivity index (χ1) is 15.7. The summed E-state index contributed by atoms with van der Waals surface area (Å²) in [6.45, 7) is 3.61. The number of carbonyl (C=O) groups is 2. The summed E-state index contributed by atoms with van der Waals surface area (Å²) in [5.74, 6) is 1.78. The lowest BCUT2D eigenvalue weighted by atomic mass is 10.0. The van der Waals surface area contributed by atoms with Crippen LogP contribution in [0.3, 0.4) is 0 Å². The number of ether oxygens (including phenoxy) is 2. The molecule has 2 amide bonds. The molecule has 2 rings (SSSR count). The van der Waals surface area contributed by atoms with Crippen LogP contribution in [0.15, 0.2) is 35.4 Å². The molecule has 0 saturated carbocycles. The molecule has 1 atom stereocenters. The van der Waals surface area contributed by atoms with Crippen LogP contribution in [0.4, 0.5) is 0 Å². The molecule has 2 aromatic carbocycles. The number of benzene rings is 2. The molecule has 0 heterocycles. The van der Waals surface area contributed by atoms with Gasteiger partial charge < -0.3 is 14.8 Å². The molecule has 33 heavy (non-hydrogen) atoms. The summed E-state index contributed by atoms with van der Waals surface area (Å²) in [5.41, 5.74) is 3.17. The van der Waals surface area contributed by atoms with Crippen LogP contribution in [0.1, 0.15) is 29.8 Å². The molecular formula is C23H22Cl3N3O4. The second kappa shape index (κ2) is 12.4. The third kappa shape index (κ3) is 7.29. The summed E-state index contributed by atoms with van der Waals surface area (Å²) in [5, 5.41) is 7.47. The Morgan fingerprint density at radius 2 is 1.91 bits per heavy atom. The summed E-state index contributed by atoms with van der Waals surface area (Å²) in [4.78, 5) is 25.3. The van der Waals surface area contributed by atoms with Gasteiger partial charge in [0.2, 0.25) is 0 Å². The normalized spacial score (nSPS) is 11.7. The van der Waals surface area contributed by atoms with Crippen LogP contribution in [0.2, 0.25) is 15.1 Å². The first-order valence-electron chi connectivity index (χ1n) is 9.70. The maximum atomic E-state index is 12.7. The van der Waals surface area contributed by atoms with Crippen LogP contribution >= 0.6 is 34.8 Å². The Labute approximate surface area is 207 Å². The fraction of sp³-hybridized carbons (Fsp3) is 0.261. The number of nitrogens with zero attached hydrogens (tertiary/aromatic N) is 1. The van der Waals surface area contributed by atoms with Gasteiger partial charge in [0.1, 0.15) is 12.6 Å². The van der Waals surface area contributed by atoms with Crippen LogP contribution in [-0.4, -0.2) is 37.8 Å². The summed E-state index contributed by atoms with van der Waals surface area (Å²) < 4.78 is 10.7. The highest BCUT2D eigenvalue weighted by molar-refractivity contribution is 6.36. The van der Waals surface area contributed by atoms with Crippen molar-refractivity contribution >= 4 is 52.8 Å². The molecule has 0 radical (unpaired) electrons. The minimum atomic E-state index is -0.862. The van der Waals surface area contributed by atoms with Crippen molar-refractivity contribution in [3.63, 3.8) is 0 Å². The Hall–Kier alpha value is -2.92. The third-order valence-corrected chi connectivity index (χ3v) is 5.18. The van der Waals surface area contributed by atoms with Crippen molar-refractivity contribution < 1.29 is 19.1 Å². The molecule has 10 heteroatoms. The number of hydrogen-bond acceptors (Lipinski definition) is 5. The molecule has 2 N–H and O–H groups in total. The smallest absolute Gasteiger partial charge is 0.262 e. The van der Waals surface area contributed by atoms with Crippen LogP contribution in [0, 0.1) is 18.3 Å². The molecule has 0 aromatic heterocycles. The predicted molar refractivity (Wildman–Crippen MR) is 131 cm³/mol. The van der Waals surface area contributed by atoms with Crippen LogP contribution in [0.25, 0.3) is 0 Å². The number of rotatable bonds is 9. The minimum Gasteiger partial charge on any atom is -0.493 e. The van der Waals surface area contributed by atoms with Crippen molar-refractivity contribution in [2.45, 2.75) is 19.9 Å². The maximum Gasteiger partial charge on any atom is 0.262 e. The van der Waals surface area contributed by atoms with E-state index < -0.39 is 17.9 Å². The van der Waals surface area contributed by atoms with E-state index in [2.05, 4.69) is 21.8 Å². The van der Waals surface area contributed by atoms with Crippen molar-refractivity contribution in [3.8, 4) is 23.8 Å². The molecule has 0 fully saturated rings. The highest BCUT2D eigenvalue weighted by Crippen LogP contribution is 2.36. The number of carbonyl (C=O) groups excluding carboxylic acids is 2. The van der Waals surface area contributed by atoms with Gasteiger partial charge in [0, 0.05) is 5.02 Å². The van der Waals surface area contributed by atoms with Gasteiger partial charge in [-0.2, -0.15) is 5.10 Å². The van der Waals surface area contributed by atoms with E-state index in [9.17, 15) is 9.59 Å². The highest BCUT2D eigenvalue weighted by Gasteiger charge is 2.25. The first-order valence-corrected chi connectivity index (χ1v) is 10.8. The zero-order valence-corrected chi connectivity index (χ0v) is 20.4. The summed E-state index contributed by atoms with van der Waals surface area (Å²) in [7, 11) is 1.46. The van der Waals surface area contributed by atoms with Crippen molar-refractivity contribution in [2.24, 2.45) is 11.0 Å². The van der Waals surface area contributed by atoms with E-state index in [1.54, 1.807) is 32.0 Å². The molecule has 0 saturated heterocycles. The molecule has 2 aromatic rings. The average molecular weight is 511 g/mol. The highest BCUT2D eigenvalue weighted by atomic mass is 35.5. The minimum absolute atomic E-state index is 0.0309. The molecule has 0 aliphatic rings. The summed E-state index contributed by atoms with van der Waals surface area (Å²) in [6.07, 6.45) is 6.59. The van der Waals surface area contributed by atoms with Gasteiger partial charge in [0.25, 0.3) is 11.8 Å². The fourth-order valence-corrected chi connectivity index (χ4v) is 3.50. The topological polar surface area (TPSA) is 89.0 Å². The molecular weight excluding hydrogens is 489 g/mol. The molecule has 7 nitrogen and oxygen atoms in total. The molecule has 0 spiro atoms. The number of halogens is 3. The maximum absolute atomic E-state index is 12.7. The van der Waals surface area contributed by atoms with Crippen LogP contribution in [0.5, 0.6) is 11.5 Å². The van der Waals surface area contributed by atoms with E-state index in [-0.39, 0.29) is 28.1 Å². The number of nitrogens with one attached hydrogen (secondary N) is 2. The fourth-order valence-electron chi connectivity index (χ4n) is 2.74. The van der Waals surface area contributed by atoms with Gasteiger partial charge >= 0.3 is 0 Å². The van der Waals surface area contributed by atoms with Gasteiger partial charge in [0.05, 0.1) is 28.9 Å². The summed E-state index contributed by atoms with van der Waals surface area (Å²) >= 11 is 18.2. The largest absolute Gasteiger partial charge is 0.493 e. The zero-order chi connectivity index (χ0) is 24.5. The Kier molecular flexibility index (Phi) is 9.86. The van der Waals surface area contributed by atoms with Gasteiger partial charge in [0.15, 0.2) is 11.5 Å². The van der Waals surface area contributed by atoms with Gasteiger partial charge in [-0.1, -0.05) is 54.6 Å². The quantitative estimate of drug-likeness (QED) is 0.294. The number of methoxy groups -OCH3 is 1. The Bertz CT molecular complexity index is 1100. The van der Waals surface area contributed by atoms with Gasteiger partial charge in [-0.3, -0.25) is 9.59 Å². The van der Waals surface area contributed by atoms with E-state index in [1.165, 1.54) is 25.5 Å². The molecule has 0 bridgehead atoms. The van der Waals surface area contributed by atoms with Crippen molar-refractivity contribution in [1.82, 2.24) is 10.7 Å². The average Bonchev–Trinajstić information content (AvgIpc) is 2.75. The van der Waals surface area contributed by atoms with Crippen molar-refractivity contribution in [3.05, 3.63) is 56.5 Å². The molecule has 174 valence electrons. The van der Waals surface area contributed by atoms with Gasteiger partial charge in [-0.05, 0) is 41.8 Å². The Morgan fingerprint density at radius 3 is 2.52 bits per heavy atom. The number of hydrogen-bond donors (Lipinski definition) is 2. The van der Waals surface area contributed by atoms with Gasteiger partial charge in [-0.15, -0.1) is 6.42 Å². The number of amides is 2.